The number of carbonyl (C=O) groups excluding carboxylic acids is 1. The van der Waals surface area contributed by atoms with Crippen LogP contribution in [0.15, 0.2) is 47.1 Å². The van der Waals surface area contributed by atoms with Crippen LogP contribution in [0.5, 0.6) is 5.75 Å². The Balaban J connectivity index is 1.91. The van der Waals surface area contributed by atoms with E-state index in [4.69, 9.17) is 9.15 Å². The molecular formula is C23H25NO3. The van der Waals surface area contributed by atoms with Crippen LogP contribution in [-0.2, 0) is 4.79 Å². The molecule has 0 aliphatic carbocycles. The lowest BCUT2D eigenvalue weighted by Gasteiger charge is -2.11. The number of aryl methyl sites for hydroxylation is 3. The Kier molecular flexibility index (Phi) is 5.36. The molecule has 0 bridgehead atoms. The first-order valence-electron chi connectivity index (χ1n) is 9.10. The Morgan fingerprint density at radius 2 is 1.89 bits per heavy atom. The SMILES string of the molecule is CCOc1cc2occ(C)c2cc1/C(C)=C/C(=O)Nc1ccc(C)c(C)c1. The van der Waals surface area contributed by atoms with Gasteiger partial charge in [-0.15, -0.1) is 0 Å². The number of ether oxygens (including phenoxy) is 1. The van der Waals surface area contributed by atoms with Gasteiger partial charge in [0.25, 0.3) is 0 Å². The first-order chi connectivity index (χ1) is 12.9. The van der Waals surface area contributed by atoms with Crippen molar-refractivity contribution in [2.45, 2.75) is 34.6 Å². The predicted molar refractivity (Wildman–Crippen MR) is 110 cm³/mol. The van der Waals surface area contributed by atoms with Crippen molar-refractivity contribution in [2.75, 3.05) is 11.9 Å². The second-order valence-corrected chi connectivity index (χ2v) is 6.81. The van der Waals surface area contributed by atoms with Crippen LogP contribution in [0.3, 0.4) is 0 Å². The lowest BCUT2D eigenvalue weighted by Crippen LogP contribution is -2.09. The van der Waals surface area contributed by atoms with E-state index in [1.165, 1.54) is 5.56 Å². The van der Waals surface area contributed by atoms with Gasteiger partial charge in [-0.3, -0.25) is 4.79 Å². The van der Waals surface area contributed by atoms with Crippen molar-refractivity contribution in [1.29, 1.82) is 0 Å². The molecule has 3 aromatic rings. The Bertz CT molecular complexity index is 1030. The van der Waals surface area contributed by atoms with E-state index in [2.05, 4.69) is 5.32 Å². The first-order valence-corrected chi connectivity index (χ1v) is 9.10. The molecule has 0 fully saturated rings. The maximum atomic E-state index is 12.5. The fraction of sp³-hybridized carbons (Fsp3) is 0.261. The molecule has 140 valence electrons. The molecule has 1 amide bonds. The smallest absolute Gasteiger partial charge is 0.248 e. The van der Waals surface area contributed by atoms with Gasteiger partial charge >= 0.3 is 0 Å². The number of amides is 1. The van der Waals surface area contributed by atoms with Crippen LogP contribution in [0.2, 0.25) is 0 Å². The van der Waals surface area contributed by atoms with E-state index in [9.17, 15) is 4.79 Å². The van der Waals surface area contributed by atoms with Crippen LogP contribution in [0.4, 0.5) is 5.69 Å². The third-order valence-electron chi connectivity index (χ3n) is 4.72. The van der Waals surface area contributed by atoms with Crippen LogP contribution >= 0.6 is 0 Å². The van der Waals surface area contributed by atoms with Crippen molar-refractivity contribution in [2.24, 2.45) is 0 Å². The summed E-state index contributed by atoms with van der Waals surface area (Å²) in [5.41, 5.74) is 6.70. The fourth-order valence-corrected chi connectivity index (χ4v) is 3.04. The van der Waals surface area contributed by atoms with Crippen LogP contribution in [0.25, 0.3) is 16.5 Å². The van der Waals surface area contributed by atoms with Gasteiger partial charge in [0.1, 0.15) is 11.3 Å². The van der Waals surface area contributed by atoms with Crippen LogP contribution < -0.4 is 10.1 Å². The van der Waals surface area contributed by atoms with E-state index in [0.717, 1.165) is 38.9 Å². The zero-order valence-corrected chi connectivity index (χ0v) is 16.5. The second kappa shape index (κ2) is 7.70. The number of hydrogen-bond acceptors (Lipinski definition) is 3. The van der Waals surface area contributed by atoms with Gasteiger partial charge in [0.2, 0.25) is 5.91 Å². The van der Waals surface area contributed by atoms with Gasteiger partial charge in [-0.05, 0) is 75.1 Å². The maximum absolute atomic E-state index is 12.5. The van der Waals surface area contributed by atoms with E-state index in [1.807, 2.05) is 65.0 Å². The van der Waals surface area contributed by atoms with Gasteiger partial charge in [0, 0.05) is 28.8 Å². The lowest BCUT2D eigenvalue weighted by atomic mass is 10.0. The number of rotatable bonds is 5. The number of fused-ring (bicyclic) bond motifs is 1. The molecule has 0 aliphatic rings. The molecule has 0 radical (unpaired) electrons. The summed E-state index contributed by atoms with van der Waals surface area (Å²) < 4.78 is 11.3. The Morgan fingerprint density at radius 1 is 1.11 bits per heavy atom. The molecule has 1 aromatic heterocycles. The molecule has 0 unspecified atom stereocenters. The summed E-state index contributed by atoms with van der Waals surface area (Å²) in [4.78, 5) is 12.5. The summed E-state index contributed by atoms with van der Waals surface area (Å²) in [7, 11) is 0. The lowest BCUT2D eigenvalue weighted by molar-refractivity contribution is -0.111. The van der Waals surface area contributed by atoms with Crippen molar-refractivity contribution in [1.82, 2.24) is 0 Å². The summed E-state index contributed by atoms with van der Waals surface area (Å²) in [6.45, 7) is 10.5. The molecule has 1 N–H and O–H groups in total. The van der Waals surface area contributed by atoms with Gasteiger partial charge in [0.15, 0.2) is 0 Å². The fourth-order valence-electron chi connectivity index (χ4n) is 3.04. The summed E-state index contributed by atoms with van der Waals surface area (Å²) >= 11 is 0. The quantitative estimate of drug-likeness (QED) is 0.583. The Hall–Kier alpha value is -3.01. The third kappa shape index (κ3) is 4.05. The summed E-state index contributed by atoms with van der Waals surface area (Å²) in [5, 5.41) is 3.95. The van der Waals surface area contributed by atoms with Gasteiger partial charge < -0.3 is 14.5 Å². The van der Waals surface area contributed by atoms with Gasteiger partial charge in [-0.25, -0.2) is 0 Å². The molecule has 0 aliphatic heterocycles. The van der Waals surface area contributed by atoms with E-state index < -0.39 is 0 Å². The van der Waals surface area contributed by atoms with E-state index >= 15 is 0 Å². The molecule has 0 saturated heterocycles. The van der Waals surface area contributed by atoms with E-state index in [0.29, 0.717) is 12.4 Å². The molecule has 1 heterocycles. The number of carbonyl (C=O) groups is 1. The van der Waals surface area contributed by atoms with Crippen molar-refractivity contribution in [3.05, 3.63) is 64.9 Å². The number of benzene rings is 2. The first kappa shape index (κ1) is 18.8. The van der Waals surface area contributed by atoms with Crippen LogP contribution in [-0.4, -0.2) is 12.5 Å². The molecule has 4 heteroatoms. The molecule has 2 aromatic carbocycles. The highest BCUT2D eigenvalue weighted by molar-refractivity contribution is 6.04. The van der Waals surface area contributed by atoms with Crippen LogP contribution in [0.1, 0.15) is 36.1 Å². The highest BCUT2D eigenvalue weighted by Gasteiger charge is 2.13. The molecule has 0 spiro atoms. The molecule has 3 rings (SSSR count). The maximum Gasteiger partial charge on any atom is 0.248 e. The standard InChI is InChI=1S/C23H25NO3/c1-6-26-21-12-22-20(17(5)13-27-22)11-19(21)16(4)10-23(25)24-18-8-7-14(2)15(3)9-18/h7-13H,6H2,1-5H3,(H,24,25)/b16-10+. The minimum Gasteiger partial charge on any atom is -0.493 e. The predicted octanol–water partition coefficient (Wildman–Crippen LogP) is 5.80. The van der Waals surface area contributed by atoms with Gasteiger partial charge in [0.05, 0.1) is 12.9 Å². The van der Waals surface area contributed by atoms with Crippen LogP contribution in [0, 0.1) is 20.8 Å². The number of hydrogen-bond donors (Lipinski definition) is 1. The average molecular weight is 363 g/mol. The monoisotopic (exact) mass is 363 g/mol. The van der Waals surface area contributed by atoms with Crippen molar-refractivity contribution in [3.8, 4) is 5.75 Å². The summed E-state index contributed by atoms with van der Waals surface area (Å²) in [6, 6.07) is 9.80. The number of anilines is 1. The third-order valence-corrected chi connectivity index (χ3v) is 4.72. The Labute approximate surface area is 159 Å². The minimum absolute atomic E-state index is 0.165. The van der Waals surface area contributed by atoms with Gasteiger partial charge in [-0.1, -0.05) is 6.07 Å². The second-order valence-electron chi connectivity index (χ2n) is 6.81. The highest BCUT2D eigenvalue weighted by Crippen LogP contribution is 2.33. The van der Waals surface area contributed by atoms with Crippen molar-refractivity contribution in [3.63, 3.8) is 0 Å². The zero-order valence-electron chi connectivity index (χ0n) is 16.5. The summed E-state index contributed by atoms with van der Waals surface area (Å²) in [6.07, 6.45) is 3.34. The van der Waals surface area contributed by atoms with E-state index in [-0.39, 0.29) is 5.91 Å². The summed E-state index contributed by atoms with van der Waals surface area (Å²) in [5.74, 6) is 0.550. The minimum atomic E-state index is -0.165. The molecule has 0 atom stereocenters. The van der Waals surface area contributed by atoms with Gasteiger partial charge in [-0.2, -0.15) is 0 Å². The largest absolute Gasteiger partial charge is 0.493 e. The number of nitrogens with one attached hydrogen (secondary N) is 1. The molecule has 4 nitrogen and oxygen atoms in total. The Morgan fingerprint density at radius 3 is 2.59 bits per heavy atom. The number of allylic oxidation sites excluding steroid dienone is 1. The normalized spacial score (nSPS) is 11.7. The number of furan rings is 1. The molecule has 27 heavy (non-hydrogen) atoms. The van der Waals surface area contributed by atoms with Crippen molar-refractivity contribution >= 4 is 28.1 Å². The average Bonchev–Trinajstić information content (AvgIpc) is 2.98. The molecular weight excluding hydrogens is 338 g/mol. The van der Waals surface area contributed by atoms with E-state index in [1.54, 1.807) is 12.3 Å². The van der Waals surface area contributed by atoms with Crippen molar-refractivity contribution < 1.29 is 13.9 Å². The molecule has 0 saturated carbocycles. The highest BCUT2D eigenvalue weighted by atomic mass is 16.5. The topological polar surface area (TPSA) is 51.5 Å². The zero-order chi connectivity index (χ0) is 19.6.